The maximum atomic E-state index is 15.1. The molecule has 2 aromatic carbocycles. The summed E-state index contributed by atoms with van der Waals surface area (Å²) in [5.74, 6) is 1.58. The highest BCUT2D eigenvalue weighted by molar-refractivity contribution is 5.38. The van der Waals surface area contributed by atoms with Gasteiger partial charge in [-0.3, -0.25) is 0 Å². The monoisotopic (exact) mass is 536 g/mol. The van der Waals surface area contributed by atoms with Crippen molar-refractivity contribution in [2.75, 3.05) is 0 Å². The molecule has 0 aromatic heterocycles. The van der Waals surface area contributed by atoms with E-state index in [0.29, 0.717) is 12.3 Å². The Morgan fingerprint density at radius 3 is 1.87 bits per heavy atom. The second kappa shape index (κ2) is 13.3. The molecule has 0 saturated heterocycles. The van der Waals surface area contributed by atoms with Crippen LogP contribution in [0.15, 0.2) is 36.4 Å². The molecule has 0 heterocycles. The number of ether oxygens (including phenoxy) is 1. The molecule has 210 valence electrons. The minimum absolute atomic E-state index is 0.00192. The van der Waals surface area contributed by atoms with E-state index < -0.39 is 23.4 Å². The molecule has 0 amide bonds. The lowest BCUT2D eigenvalue weighted by atomic mass is 9.68. The van der Waals surface area contributed by atoms with Crippen molar-refractivity contribution in [1.29, 1.82) is 0 Å². The van der Waals surface area contributed by atoms with E-state index in [1.54, 1.807) is 0 Å². The highest BCUT2D eigenvalue weighted by atomic mass is 19.4. The first-order valence-corrected chi connectivity index (χ1v) is 14.6. The van der Waals surface area contributed by atoms with Crippen molar-refractivity contribution in [2.24, 2.45) is 23.7 Å². The van der Waals surface area contributed by atoms with Gasteiger partial charge in [0.2, 0.25) is 0 Å². The van der Waals surface area contributed by atoms with E-state index >= 15 is 4.39 Å². The number of halogens is 5. The number of hydrogen-bond donors (Lipinski definition) is 0. The van der Waals surface area contributed by atoms with E-state index in [2.05, 4.69) is 6.92 Å². The fourth-order valence-electron chi connectivity index (χ4n) is 6.65. The van der Waals surface area contributed by atoms with Gasteiger partial charge in [0.05, 0.1) is 5.56 Å². The molecule has 1 nitrogen and oxygen atoms in total. The van der Waals surface area contributed by atoms with Gasteiger partial charge in [0.1, 0.15) is 11.6 Å². The van der Waals surface area contributed by atoms with E-state index in [0.717, 1.165) is 61.3 Å². The van der Waals surface area contributed by atoms with Crippen molar-refractivity contribution in [1.82, 2.24) is 0 Å². The third-order valence-electron chi connectivity index (χ3n) is 9.03. The zero-order valence-electron chi connectivity index (χ0n) is 22.5. The number of unbranched alkanes of at least 4 members (excludes halogenated alkanes) is 2. The second-order valence-corrected chi connectivity index (χ2v) is 11.6. The van der Waals surface area contributed by atoms with Gasteiger partial charge in [0.25, 0.3) is 0 Å². The molecule has 0 bridgehead atoms. The third kappa shape index (κ3) is 7.72. The van der Waals surface area contributed by atoms with Gasteiger partial charge in [-0.15, -0.1) is 0 Å². The first kappa shape index (κ1) is 28.9. The summed E-state index contributed by atoms with van der Waals surface area (Å²) in [5, 5.41) is 0. The average molecular weight is 537 g/mol. The van der Waals surface area contributed by atoms with Crippen LogP contribution in [0.5, 0.6) is 11.5 Å². The lowest BCUT2D eigenvalue weighted by Gasteiger charge is -2.38. The Morgan fingerprint density at radius 2 is 1.32 bits per heavy atom. The molecule has 2 aliphatic rings. The molecule has 0 atom stereocenters. The van der Waals surface area contributed by atoms with Crippen molar-refractivity contribution in [3.8, 4) is 11.5 Å². The first-order valence-electron chi connectivity index (χ1n) is 14.6. The van der Waals surface area contributed by atoms with Crippen molar-refractivity contribution in [3.63, 3.8) is 0 Å². The van der Waals surface area contributed by atoms with Crippen LogP contribution >= 0.6 is 0 Å². The first-order chi connectivity index (χ1) is 18.2. The maximum Gasteiger partial charge on any atom is 0.416 e. The number of hydrogen-bond acceptors (Lipinski definition) is 1. The fraction of sp³-hybridized carbons (Fsp3) is 0.625. The van der Waals surface area contributed by atoms with Crippen molar-refractivity contribution < 1.29 is 26.7 Å². The second-order valence-electron chi connectivity index (χ2n) is 11.6. The summed E-state index contributed by atoms with van der Waals surface area (Å²) in [6.45, 7) is 2.26. The summed E-state index contributed by atoms with van der Waals surface area (Å²) in [6.07, 6.45) is 12.2. The van der Waals surface area contributed by atoms with Crippen LogP contribution in [0.25, 0.3) is 0 Å². The molecule has 2 aliphatic carbocycles. The lowest BCUT2D eigenvalue weighted by Crippen LogP contribution is -2.26. The molecule has 0 unspecified atom stereocenters. The van der Waals surface area contributed by atoms with Crippen LogP contribution < -0.4 is 4.74 Å². The van der Waals surface area contributed by atoms with Crippen LogP contribution in [0.4, 0.5) is 22.0 Å². The summed E-state index contributed by atoms with van der Waals surface area (Å²) in [6, 6.07) is 6.41. The quantitative estimate of drug-likeness (QED) is 0.217. The molecule has 6 heteroatoms. The van der Waals surface area contributed by atoms with Crippen molar-refractivity contribution >= 4 is 0 Å². The summed E-state index contributed by atoms with van der Waals surface area (Å²) < 4.78 is 73.5. The molecule has 0 N–H and O–H groups in total. The Morgan fingerprint density at radius 1 is 0.737 bits per heavy atom. The summed E-state index contributed by atoms with van der Waals surface area (Å²) >= 11 is 0. The van der Waals surface area contributed by atoms with Crippen LogP contribution in [0.1, 0.15) is 102 Å². The van der Waals surface area contributed by atoms with Gasteiger partial charge in [-0.25, -0.2) is 8.78 Å². The van der Waals surface area contributed by atoms with E-state index in [1.165, 1.54) is 76.3 Å². The predicted octanol–water partition coefficient (Wildman–Crippen LogP) is 10.9. The van der Waals surface area contributed by atoms with Crippen LogP contribution in [0.2, 0.25) is 0 Å². The molecule has 2 aromatic rings. The molecule has 0 aliphatic heterocycles. The topological polar surface area (TPSA) is 9.23 Å². The average Bonchev–Trinajstić information content (AvgIpc) is 2.91. The minimum atomic E-state index is -4.46. The van der Waals surface area contributed by atoms with Crippen LogP contribution in [-0.2, 0) is 12.6 Å². The number of rotatable bonds is 10. The molecule has 2 fully saturated rings. The Bertz CT molecular complexity index is 1000. The highest BCUT2D eigenvalue weighted by Crippen LogP contribution is 2.43. The number of benzene rings is 2. The Balaban J connectivity index is 1.25. The molecular formula is C32H41F5O. The van der Waals surface area contributed by atoms with Gasteiger partial charge < -0.3 is 4.74 Å². The highest BCUT2D eigenvalue weighted by Gasteiger charge is 2.32. The van der Waals surface area contributed by atoms with Gasteiger partial charge >= 0.3 is 6.18 Å². The normalized spacial score (nSPS) is 24.4. The lowest BCUT2D eigenvalue weighted by molar-refractivity contribution is -0.137. The zero-order chi connectivity index (χ0) is 27.1. The SMILES string of the molecule is CCCCCC1CCC(C2CCC(CCc3c(F)ccc(Oc4ccc(C(F)(F)F)cc4)c3F)CC2)CC1. The predicted molar refractivity (Wildman–Crippen MR) is 141 cm³/mol. The molecule has 2 saturated carbocycles. The molecular weight excluding hydrogens is 495 g/mol. The largest absolute Gasteiger partial charge is 0.454 e. The van der Waals surface area contributed by atoms with Crippen LogP contribution in [-0.4, -0.2) is 0 Å². The van der Waals surface area contributed by atoms with Crippen molar-refractivity contribution in [3.05, 3.63) is 59.2 Å². The zero-order valence-corrected chi connectivity index (χ0v) is 22.5. The Hall–Kier alpha value is -2.11. The maximum absolute atomic E-state index is 15.1. The summed E-state index contributed by atoms with van der Waals surface area (Å²) in [5.41, 5.74) is -0.812. The number of alkyl halides is 3. The Kier molecular flexibility index (Phi) is 10.1. The third-order valence-corrected chi connectivity index (χ3v) is 9.03. The van der Waals surface area contributed by atoms with Crippen molar-refractivity contribution in [2.45, 2.75) is 103 Å². The van der Waals surface area contributed by atoms with E-state index in [1.807, 2.05) is 0 Å². The molecule has 38 heavy (non-hydrogen) atoms. The molecule has 0 radical (unpaired) electrons. The van der Waals surface area contributed by atoms with Crippen LogP contribution in [0, 0.1) is 35.3 Å². The smallest absolute Gasteiger partial charge is 0.416 e. The van der Waals surface area contributed by atoms with Gasteiger partial charge in [0.15, 0.2) is 11.6 Å². The molecule has 4 rings (SSSR count). The van der Waals surface area contributed by atoms with Gasteiger partial charge in [-0.1, -0.05) is 58.3 Å². The van der Waals surface area contributed by atoms with E-state index in [-0.39, 0.29) is 17.1 Å². The van der Waals surface area contributed by atoms with Gasteiger partial charge in [-0.05, 0) is 98.6 Å². The van der Waals surface area contributed by atoms with E-state index in [4.69, 9.17) is 4.74 Å². The summed E-state index contributed by atoms with van der Waals surface area (Å²) in [7, 11) is 0. The van der Waals surface area contributed by atoms with Gasteiger partial charge in [0, 0.05) is 5.56 Å². The van der Waals surface area contributed by atoms with Gasteiger partial charge in [-0.2, -0.15) is 13.2 Å². The van der Waals surface area contributed by atoms with Crippen LogP contribution in [0.3, 0.4) is 0 Å². The Labute approximate surface area is 224 Å². The summed E-state index contributed by atoms with van der Waals surface area (Å²) in [4.78, 5) is 0. The van der Waals surface area contributed by atoms with E-state index in [9.17, 15) is 17.6 Å². The fourth-order valence-corrected chi connectivity index (χ4v) is 6.65. The molecule has 0 spiro atoms. The standard InChI is InChI=1S/C32H41F5O/c1-2-3-4-5-22-6-11-24(12-7-22)25-13-8-23(9-14-25)10-19-28-29(33)20-21-30(31(28)34)38-27-17-15-26(16-18-27)32(35,36)37/h15-18,20-25H,2-14,19H2,1H3. The minimum Gasteiger partial charge on any atom is -0.454 e.